The fraction of sp³-hybridized carbons (Fsp3) is 0.500. The maximum absolute atomic E-state index is 4.80. The van der Waals surface area contributed by atoms with E-state index in [1.807, 2.05) is 0 Å². The minimum atomic E-state index is 0.644. The van der Waals surface area contributed by atoms with E-state index in [0.717, 1.165) is 0 Å². The molecule has 0 bridgehead atoms. The van der Waals surface area contributed by atoms with Gasteiger partial charge in [0.05, 0.1) is 13.2 Å². The number of hydrazone groups is 1. The van der Waals surface area contributed by atoms with Crippen LogP contribution in [-0.4, -0.2) is 32.0 Å². The number of nitrogens with zero attached hydrogens (tertiary/aromatic N) is 2. The number of hydrogen-bond acceptors (Lipinski definition) is 3. The SMILES string of the molecule is C=CN(CCOC)N=C. The summed E-state index contributed by atoms with van der Waals surface area (Å²) in [5.41, 5.74) is 0. The summed E-state index contributed by atoms with van der Waals surface area (Å²) in [6, 6.07) is 0. The highest BCUT2D eigenvalue weighted by molar-refractivity contribution is 5.22. The molecule has 0 fully saturated rings. The van der Waals surface area contributed by atoms with E-state index in [9.17, 15) is 0 Å². The summed E-state index contributed by atoms with van der Waals surface area (Å²) in [6.07, 6.45) is 1.60. The van der Waals surface area contributed by atoms with Gasteiger partial charge in [-0.1, -0.05) is 6.58 Å². The van der Waals surface area contributed by atoms with E-state index in [1.165, 1.54) is 0 Å². The Morgan fingerprint density at radius 3 is 2.78 bits per heavy atom. The Morgan fingerprint density at radius 1 is 1.78 bits per heavy atom. The van der Waals surface area contributed by atoms with E-state index >= 15 is 0 Å². The van der Waals surface area contributed by atoms with E-state index in [-0.39, 0.29) is 0 Å². The van der Waals surface area contributed by atoms with Gasteiger partial charge in [0.2, 0.25) is 0 Å². The van der Waals surface area contributed by atoms with Gasteiger partial charge in [0.1, 0.15) is 0 Å². The lowest BCUT2D eigenvalue weighted by atomic mass is 10.6. The van der Waals surface area contributed by atoms with Crippen LogP contribution in [0.4, 0.5) is 0 Å². The molecule has 0 aromatic carbocycles. The van der Waals surface area contributed by atoms with Crippen LogP contribution in [0.15, 0.2) is 17.9 Å². The zero-order valence-corrected chi connectivity index (χ0v) is 5.71. The molecule has 0 aliphatic rings. The molecule has 3 heteroatoms. The smallest absolute Gasteiger partial charge is 0.0658 e. The Balaban J connectivity index is 3.30. The van der Waals surface area contributed by atoms with Gasteiger partial charge in [-0.2, -0.15) is 5.10 Å². The Kier molecular flexibility index (Phi) is 4.82. The molecular formula is C6H12N2O. The van der Waals surface area contributed by atoms with E-state index in [4.69, 9.17) is 4.74 Å². The molecule has 0 unspecified atom stereocenters. The summed E-state index contributed by atoms with van der Waals surface area (Å²) in [5.74, 6) is 0. The number of methoxy groups -OCH3 is 1. The second kappa shape index (κ2) is 5.31. The van der Waals surface area contributed by atoms with Gasteiger partial charge in [-0.3, -0.25) is 5.01 Å². The molecule has 52 valence electrons. The van der Waals surface area contributed by atoms with Gasteiger partial charge in [0, 0.05) is 20.0 Å². The monoisotopic (exact) mass is 128 g/mol. The summed E-state index contributed by atoms with van der Waals surface area (Å²) in [6.45, 7) is 8.21. The molecule has 0 aromatic rings. The second-order valence-electron chi connectivity index (χ2n) is 1.48. The van der Waals surface area contributed by atoms with Crippen LogP contribution >= 0.6 is 0 Å². The lowest BCUT2D eigenvalue weighted by Crippen LogP contribution is -2.14. The molecule has 0 rings (SSSR count). The molecule has 0 aliphatic carbocycles. The fourth-order valence-corrected chi connectivity index (χ4v) is 0.405. The molecule has 0 spiro atoms. The highest BCUT2D eigenvalue weighted by Gasteiger charge is 1.89. The fourth-order valence-electron chi connectivity index (χ4n) is 0.405. The Morgan fingerprint density at radius 2 is 2.44 bits per heavy atom. The number of hydrogen-bond donors (Lipinski definition) is 0. The van der Waals surface area contributed by atoms with E-state index < -0.39 is 0 Å². The first-order valence-corrected chi connectivity index (χ1v) is 2.70. The van der Waals surface area contributed by atoms with Crippen LogP contribution in [0.25, 0.3) is 0 Å². The van der Waals surface area contributed by atoms with Crippen LogP contribution in [0, 0.1) is 0 Å². The van der Waals surface area contributed by atoms with E-state index in [0.29, 0.717) is 13.2 Å². The standard InChI is InChI=1S/C6H12N2O/c1-4-8(7-2)5-6-9-3/h4H,1-2,5-6H2,3H3. The van der Waals surface area contributed by atoms with Crippen LogP contribution < -0.4 is 0 Å². The summed E-state index contributed by atoms with van der Waals surface area (Å²) in [4.78, 5) is 0. The van der Waals surface area contributed by atoms with Gasteiger partial charge in [-0.25, -0.2) is 0 Å². The minimum Gasteiger partial charge on any atom is -0.383 e. The third kappa shape index (κ3) is 3.73. The van der Waals surface area contributed by atoms with Gasteiger partial charge < -0.3 is 4.74 Å². The second-order valence-corrected chi connectivity index (χ2v) is 1.48. The van der Waals surface area contributed by atoms with Crippen LogP contribution in [0.2, 0.25) is 0 Å². The molecule has 0 amide bonds. The number of rotatable bonds is 5. The first-order valence-electron chi connectivity index (χ1n) is 2.70. The summed E-state index contributed by atoms with van der Waals surface area (Å²) >= 11 is 0. The summed E-state index contributed by atoms with van der Waals surface area (Å²) < 4.78 is 4.80. The highest BCUT2D eigenvalue weighted by Crippen LogP contribution is 1.86. The number of ether oxygens (including phenoxy) is 1. The first-order chi connectivity index (χ1) is 4.35. The van der Waals surface area contributed by atoms with E-state index in [2.05, 4.69) is 18.4 Å². The maximum atomic E-state index is 4.80. The molecule has 0 saturated carbocycles. The molecular weight excluding hydrogens is 116 g/mol. The van der Waals surface area contributed by atoms with Gasteiger partial charge in [0.25, 0.3) is 0 Å². The molecule has 0 heterocycles. The summed E-state index contributed by atoms with van der Waals surface area (Å²) in [5, 5.41) is 5.24. The van der Waals surface area contributed by atoms with Gasteiger partial charge in [0.15, 0.2) is 0 Å². The first kappa shape index (κ1) is 8.17. The van der Waals surface area contributed by atoms with E-state index in [1.54, 1.807) is 18.3 Å². The molecule has 0 atom stereocenters. The van der Waals surface area contributed by atoms with Crippen molar-refractivity contribution in [2.45, 2.75) is 0 Å². The normalized spacial score (nSPS) is 8.56. The van der Waals surface area contributed by atoms with Crippen LogP contribution in [0.5, 0.6) is 0 Å². The van der Waals surface area contributed by atoms with Gasteiger partial charge in [-0.05, 0) is 0 Å². The van der Waals surface area contributed by atoms with Crippen LogP contribution in [0.3, 0.4) is 0 Å². The van der Waals surface area contributed by atoms with Gasteiger partial charge in [-0.15, -0.1) is 0 Å². The third-order valence-corrected chi connectivity index (χ3v) is 0.917. The quantitative estimate of drug-likeness (QED) is 0.402. The van der Waals surface area contributed by atoms with Crippen molar-refractivity contribution < 1.29 is 4.74 Å². The zero-order chi connectivity index (χ0) is 7.11. The molecule has 0 aliphatic heterocycles. The largest absolute Gasteiger partial charge is 0.383 e. The predicted molar refractivity (Wildman–Crippen MR) is 38.3 cm³/mol. The third-order valence-electron chi connectivity index (χ3n) is 0.917. The minimum absolute atomic E-state index is 0.644. The van der Waals surface area contributed by atoms with Crippen molar-refractivity contribution in [3.63, 3.8) is 0 Å². The van der Waals surface area contributed by atoms with Crippen molar-refractivity contribution in [2.75, 3.05) is 20.3 Å². The summed E-state index contributed by atoms with van der Waals surface area (Å²) in [7, 11) is 1.64. The highest BCUT2D eigenvalue weighted by atomic mass is 16.5. The topological polar surface area (TPSA) is 24.8 Å². The predicted octanol–water partition coefficient (Wildman–Crippen LogP) is 0.694. The molecule has 3 nitrogen and oxygen atoms in total. The molecule has 0 saturated heterocycles. The lowest BCUT2D eigenvalue weighted by Gasteiger charge is -2.10. The average molecular weight is 128 g/mol. The Labute approximate surface area is 55.6 Å². The molecule has 9 heavy (non-hydrogen) atoms. The van der Waals surface area contributed by atoms with Crippen molar-refractivity contribution in [1.29, 1.82) is 0 Å². The maximum Gasteiger partial charge on any atom is 0.0658 e. The average Bonchev–Trinajstić information content (AvgIpc) is 1.91. The van der Waals surface area contributed by atoms with Crippen molar-refractivity contribution in [3.8, 4) is 0 Å². The molecule has 0 aromatic heterocycles. The van der Waals surface area contributed by atoms with Gasteiger partial charge >= 0.3 is 0 Å². The Bertz CT molecular complexity index is 85.1. The van der Waals surface area contributed by atoms with Crippen molar-refractivity contribution in [1.82, 2.24) is 5.01 Å². The Hall–Kier alpha value is -0.830. The molecule has 0 N–H and O–H groups in total. The lowest BCUT2D eigenvalue weighted by molar-refractivity contribution is 0.171. The van der Waals surface area contributed by atoms with Crippen molar-refractivity contribution in [3.05, 3.63) is 12.8 Å². The van der Waals surface area contributed by atoms with Crippen molar-refractivity contribution in [2.24, 2.45) is 5.10 Å². The van der Waals surface area contributed by atoms with Crippen LogP contribution in [0.1, 0.15) is 0 Å². The zero-order valence-electron chi connectivity index (χ0n) is 5.71. The molecule has 0 radical (unpaired) electrons. The van der Waals surface area contributed by atoms with Crippen molar-refractivity contribution >= 4 is 6.72 Å². The van der Waals surface area contributed by atoms with Crippen LogP contribution in [-0.2, 0) is 4.74 Å².